The maximum absolute atomic E-state index is 13.7. The van der Waals surface area contributed by atoms with E-state index < -0.39 is 40.7 Å². The summed E-state index contributed by atoms with van der Waals surface area (Å²) < 4.78 is 72.0. The van der Waals surface area contributed by atoms with Crippen LogP contribution >= 0.6 is 0 Å². The fourth-order valence-corrected chi connectivity index (χ4v) is 2.34. The number of anilines is 1. The van der Waals surface area contributed by atoms with E-state index in [1.807, 2.05) is 6.92 Å². The highest BCUT2D eigenvalue weighted by molar-refractivity contribution is 6.04. The molecule has 0 fully saturated rings. The minimum Gasteiger partial charge on any atom is -0.451 e. The quantitative estimate of drug-likeness (QED) is 0.349. The molecule has 8 heteroatoms. The fraction of sp³-hybridized carbons (Fsp3) is 0.0500. The van der Waals surface area contributed by atoms with Gasteiger partial charge < -0.3 is 10.1 Å². The standard InChI is InChI=1S/C20H12F5NO2/c1-10-5-7-11(8-6-10)20(27)26-12-3-2-4-13(9-12)28-19-17(24)15(22)14(21)16(23)18(19)25/h2-9H,1H3,(H,26,27). The number of amides is 1. The predicted molar refractivity (Wildman–Crippen MR) is 91.9 cm³/mol. The zero-order valence-electron chi connectivity index (χ0n) is 14.3. The zero-order chi connectivity index (χ0) is 20.4. The number of nitrogens with one attached hydrogen (secondary N) is 1. The average molecular weight is 393 g/mol. The smallest absolute Gasteiger partial charge is 0.255 e. The Balaban J connectivity index is 1.85. The molecule has 1 N–H and O–H groups in total. The first-order chi connectivity index (χ1) is 13.3. The Morgan fingerprint density at radius 2 is 1.39 bits per heavy atom. The van der Waals surface area contributed by atoms with Crippen molar-refractivity contribution >= 4 is 11.6 Å². The Labute approximate surface area is 156 Å². The third kappa shape index (κ3) is 3.80. The monoisotopic (exact) mass is 393 g/mol. The Morgan fingerprint density at radius 3 is 2.00 bits per heavy atom. The van der Waals surface area contributed by atoms with E-state index in [2.05, 4.69) is 5.32 Å². The van der Waals surface area contributed by atoms with Crippen molar-refractivity contribution in [3.63, 3.8) is 0 Å². The van der Waals surface area contributed by atoms with Crippen molar-refractivity contribution in [2.75, 3.05) is 5.32 Å². The van der Waals surface area contributed by atoms with E-state index in [0.717, 1.165) is 5.56 Å². The van der Waals surface area contributed by atoms with Crippen LogP contribution in [0.5, 0.6) is 11.5 Å². The molecule has 0 spiro atoms. The van der Waals surface area contributed by atoms with Gasteiger partial charge in [-0.2, -0.15) is 8.78 Å². The van der Waals surface area contributed by atoms with Gasteiger partial charge in [0.25, 0.3) is 5.91 Å². The van der Waals surface area contributed by atoms with Crippen LogP contribution in [0.4, 0.5) is 27.6 Å². The summed E-state index contributed by atoms with van der Waals surface area (Å²) in [5.74, 6) is -12.8. The molecule has 3 aromatic carbocycles. The highest BCUT2D eigenvalue weighted by Crippen LogP contribution is 2.33. The van der Waals surface area contributed by atoms with Crippen LogP contribution in [0.3, 0.4) is 0 Å². The van der Waals surface area contributed by atoms with Crippen LogP contribution in [0.1, 0.15) is 15.9 Å². The van der Waals surface area contributed by atoms with Gasteiger partial charge in [0.15, 0.2) is 0 Å². The molecule has 3 nitrogen and oxygen atoms in total. The second-order valence-corrected chi connectivity index (χ2v) is 5.85. The average Bonchev–Trinajstić information content (AvgIpc) is 2.69. The second kappa shape index (κ2) is 7.67. The normalized spacial score (nSPS) is 10.6. The lowest BCUT2D eigenvalue weighted by Gasteiger charge is -2.11. The van der Waals surface area contributed by atoms with E-state index >= 15 is 0 Å². The van der Waals surface area contributed by atoms with Gasteiger partial charge in [-0.3, -0.25) is 4.79 Å². The molecule has 0 saturated heterocycles. The lowest BCUT2D eigenvalue weighted by atomic mass is 10.1. The topological polar surface area (TPSA) is 38.3 Å². The van der Waals surface area contributed by atoms with E-state index in [0.29, 0.717) is 5.56 Å². The van der Waals surface area contributed by atoms with Gasteiger partial charge >= 0.3 is 0 Å². The molecule has 0 saturated carbocycles. The largest absolute Gasteiger partial charge is 0.451 e. The number of ether oxygens (including phenoxy) is 1. The van der Waals surface area contributed by atoms with Crippen LogP contribution in [-0.4, -0.2) is 5.91 Å². The molecule has 3 aromatic rings. The molecule has 0 unspecified atom stereocenters. The predicted octanol–water partition coefficient (Wildman–Crippen LogP) is 5.74. The Morgan fingerprint density at radius 1 is 0.821 bits per heavy atom. The van der Waals surface area contributed by atoms with Crippen LogP contribution in [0.25, 0.3) is 0 Å². The highest BCUT2D eigenvalue weighted by atomic mass is 19.2. The van der Waals surface area contributed by atoms with E-state index in [4.69, 9.17) is 4.74 Å². The Bertz CT molecular complexity index is 1020. The minimum absolute atomic E-state index is 0.201. The third-order valence-corrected chi connectivity index (χ3v) is 3.80. The molecule has 144 valence electrons. The van der Waals surface area contributed by atoms with Crippen LogP contribution < -0.4 is 10.1 Å². The summed E-state index contributed by atoms with van der Waals surface area (Å²) in [6, 6.07) is 12.0. The van der Waals surface area contributed by atoms with Gasteiger partial charge in [0, 0.05) is 17.3 Å². The van der Waals surface area contributed by atoms with Gasteiger partial charge in [-0.25, -0.2) is 13.2 Å². The summed E-state index contributed by atoms with van der Waals surface area (Å²) in [5.41, 5.74) is 1.54. The maximum atomic E-state index is 13.7. The van der Waals surface area contributed by atoms with E-state index in [1.165, 1.54) is 24.3 Å². The number of halogens is 5. The third-order valence-electron chi connectivity index (χ3n) is 3.80. The van der Waals surface area contributed by atoms with E-state index in [1.54, 1.807) is 24.3 Å². The molecule has 28 heavy (non-hydrogen) atoms. The Kier molecular flexibility index (Phi) is 5.30. The molecule has 0 aliphatic rings. The van der Waals surface area contributed by atoms with Gasteiger partial charge in [0.05, 0.1) is 0 Å². The lowest BCUT2D eigenvalue weighted by Crippen LogP contribution is -2.11. The molecule has 0 aliphatic carbocycles. The molecule has 1 amide bonds. The first kappa shape index (κ1) is 19.3. The number of hydrogen-bond donors (Lipinski definition) is 1. The molecule has 0 bridgehead atoms. The van der Waals surface area contributed by atoms with Crippen molar-refractivity contribution in [1.29, 1.82) is 0 Å². The van der Waals surface area contributed by atoms with Gasteiger partial charge in [0.1, 0.15) is 5.75 Å². The van der Waals surface area contributed by atoms with Crippen molar-refractivity contribution in [2.45, 2.75) is 6.92 Å². The van der Waals surface area contributed by atoms with Gasteiger partial charge in [0.2, 0.25) is 34.8 Å². The lowest BCUT2D eigenvalue weighted by molar-refractivity contribution is 0.102. The van der Waals surface area contributed by atoms with Crippen LogP contribution in [0.15, 0.2) is 48.5 Å². The summed E-state index contributed by atoms with van der Waals surface area (Å²) >= 11 is 0. The van der Waals surface area contributed by atoms with Crippen LogP contribution in [0, 0.1) is 36.0 Å². The first-order valence-corrected chi connectivity index (χ1v) is 7.95. The molecule has 3 rings (SSSR count). The number of aryl methyl sites for hydroxylation is 1. The van der Waals surface area contributed by atoms with Crippen LogP contribution in [-0.2, 0) is 0 Å². The van der Waals surface area contributed by atoms with Gasteiger partial charge in [-0.15, -0.1) is 0 Å². The molecule has 0 aliphatic heterocycles. The molecule has 0 heterocycles. The Hall–Kier alpha value is -3.42. The van der Waals surface area contributed by atoms with Crippen molar-refractivity contribution < 1.29 is 31.5 Å². The van der Waals surface area contributed by atoms with Gasteiger partial charge in [-0.1, -0.05) is 23.8 Å². The van der Waals surface area contributed by atoms with E-state index in [-0.39, 0.29) is 11.4 Å². The molecular weight excluding hydrogens is 381 g/mol. The van der Waals surface area contributed by atoms with Gasteiger partial charge in [-0.05, 0) is 31.2 Å². The highest BCUT2D eigenvalue weighted by Gasteiger charge is 2.27. The number of carbonyl (C=O) groups is 1. The summed E-state index contributed by atoms with van der Waals surface area (Å²) in [6.07, 6.45) is 0. The summed E-state index contributed by atoms with van der Waals surface area (Å²) in [5, 5.41) is 2.55. The zero-order valence-corrected chi connectivity index (χ0v) is 14.3. The maximum Gasteiger partial charge on any atom is 0.255 e. The van der Waals surface area contributed by atoms with Crippen LogP contribution in [0.2, 0.25) is 0 Å². The fourth-order valence-electron chi connectivity index (χ4n) is 2.34. The van der Waals surface area contributed by atoms with Crippen molar-refractivity contribution in [1.82, 2.24) is 0 Å². The van der Waals surface area contributed by atoms with Crippen molar-refractivity contribution in [2.24, 2.45) is 0 Å². The number of hydrogen-bond acceptors (Lipinski definition) is 2. The van der Waals surface area contributed by atoms with Crippen molar-refractivity contribution in [3.8, 4) is 11.5 Å². The number of carbonyl (C=O) groups excluding carboxylic acids is 1. The molecule has 0 radical (unpaired) electrons. The number of benzene rings is 3. The summed E-state index contributed by atoms with van der Waals surface area (Å²) in [4.78, 5) is 12.2. The SMILES string of the molecule is Cc1ccc(C(=O)Nc2cccc(Oc3c(F)c(F)c(F)c(F)c3F)c2)cc1. The van der Waals surface area contributed by atoms with Crippen molar-refractivity contribution in [3.05, 3.63) is 88.7 Å². The molecule has 0 aromatic heterocycles. The first-order valence-electron chi connectivity index (χ1n) is 7.95. The second-order valence-electron chi connectivity index (χ2n) is 5.85. The molecule has 0 atom stereocenters. The number of rotatable bonds is 4. The summed E-state index contributed by atoms with van der Waals surface area (Å²) in [7, 11) is 0. The van der Waals surface area contributed by atoms with E-state index in [9.17, 15) is 26.7 Å². The molecular formula is C20H12F5NO2. The summed E-state index contributed by atoms with van der Waals surface area (Å²) in [6.45, 7) is 1.86. The minimum atomic E-state index is -2.28.